The van der Waals surface area contributed by atoms with Crippen molar-refractivity contribution >= 4 is 33.1 Å². The first-order valence-corrected chi connectivity index (χ1v) is 9.35. The fourth-order valence-electron chi connectivity index (χ4n) is 3.78. The summed E-state index contributed by atoms with van der Waals surface area (Å²) in [7, 11) is 0. The highest BCUT2D eigenvalue weighted by molar-refractivity contribution is 7.21. The van der Waals surface area contributed by atoms with Crippen LogP contribution in [0, 0.1) is 12.8 Å². The number of amides is 1. The van der Waals surface area contributed by atoms with Crippen LogP contribution in [-0.2, 0) is 9.53 Å². The SMILES string of the molecule is Cc1c(C(=O)C(=O)NC2(C3CC3)CCOCC2)sc2ccccc12. The van der Waals surface area contributed by atoms with E-state index in [4.69, 9.17) is 4.74 Å². The molecule has 2 aromatic rings. The molecule has 2 heterocycles. The number of hydrogen-bond donors (Lipinski definition) is 1. The van der Waals surface area contributed by atoms with Crippen molar-refractivity contribution in [2.75, 3.05) is 13.2 Å². The first-order chi connectivity index (χ1) is 11.6. The summed E-state index contributed by atoms with van der Waals surface area (Å²) < 4.78 is 6.50. The van der Waals surface area contributed by atoms with E-state index >= 15 is 0 Å². The number of benzene rings is 1. The summed E-state index contributed by atoms with van der Waals surface area (Å²) in [5.41, 5.74) is 0.665. The molecule has 4 nitrogen and oxygen atoms in total. The second-order valence-corrected chi connectivity index (χ2v) is 7.93. The maximum Gasteiger partial charge on any atom is 0.293 e. The molecule has 2 fully saturated rings. The van der Waals surface area contributed by atoms with Crippen LogP contribution in [0.1, 0.15) is 40.9 Å². The molecule has 0 atom stereocenters. The predicted octanol–water partition coefficient (Wildman–Crippen LogP) is 3.47. The molecule has 0 spiro atoms. The van der Waals surface area contributed by atoms with Crippen molar-refractivity contribution in [2.24, 2.45) is 5.92 Å². The van der Waals surface area contributed by atoms with Crippen LogP contribution in [-0.4, -0.2) is 30.4 Å². The molecule has 24 heavy (non-hydrogen) atoms. The number of aryl methyl sites for hydroxylation is 1. The van der Waals surface area contributed by atoms with Crippen LogP contribution in [0.4, 0.5) is 0 Å². The Morgan fingerprint density at radius 3 is 2.58 bits per heavy atom. The van der Waals surface area contributed by atoms with Crippen LogP contribution in [0.25, 0.3) is 10.1 Å². The zero-order valence-electron chi connectivity index (χ0n) is 13.8. The van der Waals surface area contributed by atoms with Gasteiger partial charge in [0.05, 0.1) is 4.88 Å². The largest absolute Gasteiger partial charge is 0.381 e. The summed E-state index contributed by atoms with van der Waals surface area (Å²) in [6.07, 6.45) is 3.89. The van der Waals surface area contributed by atoms with Gasteiger partial charge in [-0.25, -0.2) is 0 Å². The Hall–Kier alpha value is -1.72. The highest BCUT2D eigenvalue weighted by Crippen LogP contribution is 2.45. The Bertz CT molecular complexity index is 800. The molecule has 1 N–H and O–H groups in total. The van der Waals surface area contributed by atoms with Gasteiger partial charge in [0.1, 0.15) is 0 Å². The number of ether oxygens (including phenoxy) is 1. The van der Waals surface area contributed by atoms with Crippen molar-refractivity contribution < 1.29 is 14.3 Å². The molecule has 2 aliphatic rings. The third-order valence-corrected chi connectivity index (χ3v) is 6.63. The number of Topliss-reactive ketones (excluding diaryl/α,β-unsaturated/α-hetero) is 1. The summed E-state index contributed by atoms with van der Waals surface area (Å²) in [4.78, 5) is 26.0. The molecule has 1 aromatic carbocycles. The Morgan fingerprint density at radius 2 is 1.92 bits per heavy atom. The molecule has 5 heteroatoms. The molecule has 1 aliphatic carbocycles. The summed E-state index contributed by atoms with van der Waals surface area (Å²) >= 11 is 1.41. The second kappa shape index (κ2) is 5.97. The predicted molar refractivity (Wildman–Crippen MR) is 94.5 cm³/mol. The molecule has 0 bridgehead atoms. The van der Waals surface area contributed by atoms with Gasteiger partial charge in [0.15, 0.2) is 0 Å². The first kappa shape index (κ1) is 15.8. The van der Waals surface area contributed by atoms with E-state index in [9.17, 15) is 9.59 Å². The lowest BCUT2D eigenvalue weighted by atomic mass is 9.84. The van der Waals surface area contributed by atoms with Gasteiger partial charge in [0.2, 0.25) is 0 Å². The third kappa shape index (κ3) is 2.66. The smallest absolute Gasteiger partial charge is 0.293 e. The van der Waals surface area contributed by atoms with Crippen LogP contribution in [0.3, 0.4) is 0 Å². The van der Waals surface area contributed by atoms with Gasteiger partial charge in [-0.05, 0) is 55.5 Å². The Balaban J connectivity index is 1.59. The lowest BCUT2D eigenvalue weighted by Gasteiger charge is -2.38. The normalized spacial score (nSPS) is 20.0. The topological polar surface area (TPSA) is 55.4 Å². The van der Waals surface area contributed by atoms with Crippen molar-refractivity contribution in [3.63, 3.8) is 0 Å². The van der Waals surface area contributed by atoms with Gasteiger partial charge in [-0.15, -0.1) is 11.3 Å². The minimum atomic E-state index is -0.460. The van der Waals surface area contributed by atoms with Crippen LogP contribution >= 0.6 is 11.3 Å². The lowest BCUT2D eigenvalue weighted by Crippen LogP contribution is -2.55. The summed E-state index contributed by atoms with van der Waals surface area (Å²) in [6.45, 7) is 3.24. The van der Waals surface area contributed by atoms with Crippen LogP contribution in [0.15, 0.2) is 24.3 Å². The van der Waals surface area contributed by atoms with E-state index in [1.807, 2.05) is 31.2 Å². The molecule has 126 valence electrons. The standard InChI is InChI=1S/C19H21NO3S/c1-12-14-4-2-3-5-15(14)24-17(12)16(21)18(22)20-19(13-6-7-13)8-10-23-11-9-19/h2-5,13H,6-11H2,1H3,(H,20,22). The van der Waals surface area contributed by atoms with Gasteiger partial charge in [0.25, 0.3) is 11.7 Å². The first-order valence-electron chi connectivity index (χ1n) is 8.53. The summed E-state index contributed by atoms with van der Waals surface area (Å²) in [5, 5.41) is 4.16. The number of fused-ring (bicyclic) bond motifs is 1. The van der Waals surface area contributed by atoms with E-state index in [1.165, 1.54) is 11.3 Å². The fraction of sp³-hybridized carbons (Fsp3) is 0.474. The molecular weight excluding hydrogens is 322 g/mol. The van der Waals surface area contributed by atoms with Gasteiger partial charge < -0.3 is 10.1 Å². The number of carbonyl (C=O) groups excluding carboxylic acids is 2. The van der Waals surface area contributed by atoms with E-state index in [0.29, 0.717) is 24.0 Å². The van der Waals surface area contributed by atoms with Gasteiger partial charge in [0, 0.05) is 23.5 Å². The maximum atomic E-state index is 12.8. The van der Waals surface area contributed by atoms with Crippen molar-refractivity contribution in [2.45, 2.75) is 38.1 Å². The monoisotopic (exact) mass is 343 g/mol. The van der Waals surface area contributed by atoms with Gasteiger partial charge in [-0.2, -0.15) is 0 Å². The number of thiophene rings is 1. The zero-order chi connectivity index (χ0) is 16.7. The van der Waals surface area contributed by atoms with Gasteiger partial charge in [-0.1, -0.05) is 18.2 Å². The van der Waals surface area contributed by atoms with E-state index in [1.54, 1.807) is 0 Å². The molecule has 0 radical (unpaired) electrons. The number of hydrogen-bond acceptors (Lipinski definition) is 4. The Labute approximate surface area is 145 Å². The molecule has 1 aliphatic heterocycles. The summed E-state index contributed by atoms with van der Waals surface area (Å²) in [5.74, 6) is -0.361. The van der Waals surface area contributed by atoms with Crippen LogP contribution in [0.5, 0.6) is 0 Å². The van der Waals surface area contributed by atoms with Gasteiger partial charge >= 0.3 is 0 Å². The highest BCUT2D eigenvalue weighted by atomic mass is 32.1. The summed E-state index contributed by atoms with van der Waals surface area (Å²) in [6, 6.07) is 7.91. The highest BCUT2D eigenvalue weighted by Gasteiger charge is 2.47. The Kier molecular flexibility index (Phi) is 3.93. The molecule has 1 saturated heterocycles. The quantitative estimate of drug-likeness (QED) is 0.683. The van der Waals surface area contributed by atoms with Crippen molar-refractivity contribution in [1.82, 2.24) is 5.32 Å². The van der Waals surface area contributed by atoms with Crippen LogP contribution in [0.2, 0.25) is 0 Å². The number of rotatable bonds is 4. The third-order valence-electron chi connectivity index (χ3n) is 5.36. The number of carbonyl (C=O) groups is 2. The minimum Gasteiger partial charge on any atom is -0.381 e. The van der Waals surface area contributed by atoms with E-state index in [-0.39, 0.29) is 5.54 Å². The van der Waals surface area contributed by atoms with Crippen molar-refractivity contribution in [3.8, 4) is 0 Å². The van der Waals surface area contributed by atoms with E-state index in [2.05, 4.69) is 5.32 Å². The zero-order valence-corrected chi connectivity index (χ0v) is 14.6. The maximum absolute atomic E-state index is 12.8. The Morgan fingerprint density at radius 1 is 1.21 bits per heavy atom. The second-order valence-electron chi connectivity index (χ2n) is 6.88. The van der Waals surface area contributed by atoms with Crippen molar-refractivity contribution in [3.05, 3.63) is 34.7 Å². The molecule has 1 amide bonds. The average Bonchev–Trinajstić information content (AvgIpc) is 3.41. The van der Waals surface area contributed by atoms with E-state index < -0.39 is 11.7 Å². The van der Waals surface area contributed by atoms with Gasteiger partial charge in [-0.3, -0.25) is 9.59 Å². The van der Waals surface area contributed by atoms with Crippen LogP contribution < -0.4 is 5.32 Å². The molecular formula is C19H21NO3S. The van der Waals surface area contributed by atoms with Crippen molar-refractivity contribution in [1.29, 1.82) is 0 Å². The fourth-order valence-corrected chi connectivity index (χ4v) is 4.93. The molecule has 1 saturated carbocycles. The molecule has 1 aromatic heterocycles. The number of ketones is 1. The average molecular weight is 343 g/mol. The number of nitrogens with one attached hydrogen (secondary N) is 1. The molecule has 4 rings (SSSR count). The minimum absolute atomic E-state index is 0.240. The lowest BCUT2D eigenvalue weighted by molar-refractivity contribution is -0.120. The van der Waals surface area contributed by atoms with E-state index in [0.717, 1.165) is 41.3 Å². The molecule has 0 unspecified atom stereocenters.